The number of rotatable bonds is 9. The lowest BCUT2D eigenvalue weighted by Crippen LogP contribution is -2.25. The summed E-state index contributed by atoms with van der Waals surface area (Å²) in [5.74, 6) is 2.88. The maximum atomic E-state index is 12.5. The second-order valence-electron chi connectivity index (χ2n) is 8.31. The molecule has 7 nitrogen and oxygen atoms in total. The minimum absolute atomic E-state index is 0.0129. The van der Waals surface area contributed by atoms with E-state index in [0.717, 1.165) is 46.3 Å². The molecule has 1 amide bonds. The Labute approximate surface area is 208 Å². The molecule has 1 fully saturated rings. The fourth-order valence-electron chi connectivity index (χ4n) is 3.72. The average molecular weight is 487 g/mol. The van der Waals surface area contributed by atoms with Crippen LogP contribution in [0.3, 0.4) is 0 Å². The fraction of sp³-hybridized carbons (Fsp3) is 0.222. The first-order valence-electron chi connectivity index (χ1n) is 11.4. The molecule has 178 valence electrons. The highest BCUT2D eigenvalue weighted by molar-refractivity contribution is 7.98. The van der Waals surface area contributed by atoms with Gasteiger partial charge in [-0.2, -0.15) is 0 Å². The number of carbonyl (C=O) groups is 1. The monoisotopic (exact) mass is 486 g/mol. The third-order valence-corrected chi connectivity index (χ3v) is 6.76. The van der Waals surface area contributed by atoms with E-state index < -0.39 is 0 Å². The van der Waals surface area contributed by atoms with Gasteiger partial charge in [-0.05, 0) is 66.9 Å². The number of benzene rings is 3. The van der Waals surface area contributed by atoms with Crippen LogP contribution in [0.5, 0.6) is 11.5 Å². The van der Waals surface area contributed by atoms with Crippen LogP contribution in [-0.2, 0) is 5.75 Å². The molecule has 1 heterocycles. The first-order chi connectivity index (χ1) is 17.1. The number of carbonyl (C=O) groups excluding carboxylic acids is 1. The molecule has 0 spiro atoms. The number of hydrogen-bond donors (Lipinski definition) is 1. The van der Waals surface area contributed by atoms with Crippen LogP contribution in [-0.4, -0.2) is 40.9 Å². The van der Waals surface area contributed by atoms with Gasteiger partial charge in [0.2, 0.25) is 0 Å². The van der Waals surface area contributed by atoms with Gasteiger partial charge in [0.15, 0.2) is 11.0 Å². The van der Waals surface area contributed by atoms with Crippen molar-refractivity contribution in [2.24, 2.45) is 0 Å². The van der Waals surface area contributed by atoms with Crippen LogP contribution in [0.25, 0.3) is 17.1 Å². The van der Waals surface area contributed by atoms with Gasteiger partial charge in [-0.15, -0.1) is 10.2 Å². The van der Waals surface area contributed by atoms with E-state index in [-0.39, 0.29) is 5.91 Å². The lowest BCUT2D eigenvalue weighted by Gasteiger charge is -2.12. The van der Waals surface area contributed by atoms with Crippen LogP contribution in [0.2, 0.25) is 0 Å². The summed E-state index contributed by atoms with van der Waals surface area (Å²) < 4.78 is 12.8. The zero-order valence-electron chi connectivity index (χ0n) is 19.6. The van der Waals surface area contributed by atoms with Crippen LogP contribution in [0.15, 0.2) is 78.0 Å². The van der Waals surface area contributed by atoms with Crippen LogP contribution in [0.1, 0.15) is 28.8 Å². The molecule has 0 atom stereocenters. The molecule has 0 bridgehead atoms. The summed E-state index contributed by atoms with van der Waals surface area (Å²) in [5.41, 5.74) is 3.56. The van der Waals surface area contributed by atoms with E-state index in [1.807, 2.05) is 77.4 Å². The van der Waals surface area contributed by atoms with E-state index in [0.29, 0.717) is 23.2 Å². The van der Waals surface area contributed by atoms with Crippen molar-refractivity contribution in [3.63, 3.8) is 0 Å². The largest absolute Gasteiger partial charge is 0.497 e. The molecule has 8 heteroatoms. The molecule has 0 unspecified atom stereocenters. The molecule has 0 aliphatic heterocycles. The number of ether oxygens (including phenoxy) is 2. The number of nitrogens with one attached hydrogen (secondary N) is 1. The molecule has 5 rings (SSSR count). The molecule has 1 N–H and O–H groups in total. The number of nitrogens with zero attached hydrogens (tertiary/aromatic N) is 3. The number of amides is 1. The Morgan fingerprint density at radius 2 is 1.74 bits per heavy atom. The van der Waals surface area contributed by atoms with Gasteiger partial charge in [-0.25, -0.2) is 0 Å². The van der Waals surface area contributed by atoms with Crippen molar-refractivity contribution in [2.45, 2.75) is 29.8 Å². The second-order valence-corrected chi connectivity index (χ2v) is 9.25. The zero-order valence-corrected chi connectivity index (χ0v) is 20.4. The van der Waals surface area contributed by atoms with Crippen LogP contribution >= 0.6 is 11.8 Å². The molecule has 1 aliphatic rings. The maximum absolute atomic E-state index is 12.5. The minimum atomic E-state index is -0.0129. The van der Waals surface area contributed by atoms with Gasteiger partial charge < -0.3 is 14.8 Å². The van der Waals surface area contributed by atoms with Crippen molar-refractivity contribution in [3.05, 3.63) is 83.9 Å². The Hall–Kier alpha value is -3.78. The van der Waals surface area contributed by atoms with Gasteiger partial charge >= 0.3 is 0 Å². The topological polar surface area (TPSA) is 78.3 Å². The van der Waals surface area contributed by atoms with Crippen LogP contribution < -0.4 is 14.8 Å². The van der Waals surface area contributed by atoms with E-state index in [1.54, 1.807) is 26.0 Å². The minimum Gasteiger partial charge on any atom is -0.497 e. The second kappa shape index (κ2) is 10.2. The van der Waals surface area contributed by atoms with Crippen LogP contribution in [0.4, 0.5) is 0 Å². The molecule has 1 aliphatic carbocycles. The van der Waals surface area contributed by atoms with E-state index in [9.17, 15) is 4.79 Å². The van der Waals surface area contributed by atoms with Crippen molar-refractivity contribution in [3.8, 4) is 28.6 Å². The Kier molecular flexibility index (Phi) is 6.72. The summed E-state index contributed by atoms with van der Waals surface area (Å²) in [6.07, 6.45) is 2.13. The number of thioether (sulfide) groups is 1. The molecule has 0 saturated heterocycles. The third kappa shape index (κ3) is 5.33. The first kappa shape index (κ1) is 23.0. The smallest absolute Gasteiger partial charge is 0.251 e. The summed E-state index contributed by atoms with van der Waals surface area (Å²) in [6.45, 7) is 0. The van der Waals surface area contributed by atoms with E-state index in [1.165, 1.54) is 0 Å². The Morgan fingerprint density at radius 3 is 2.49 bits per heavy atom. The molecule has 0 radical (unpaired) electrons. The quantitative estimate of drug-likeness (QED) is 0.330. The van der Waals surface area contributed by atoms with Crippen molar-refractivity contribution >= 4 is 17.7 Å². The average Bonchev–Trinajstić information content (AvgIpc) is 3.62. The highest BCUT2D eigenvalue weighted by Gasteiger charge is 2.24. The highest BCUT2D eigenvalue weighted by atomic mass is 32.2. The molecule has 1 aromatic heterocycles. The van der Waals surface area contributed by atoms with Gasteiger partial charge in [-0.1, -0.05) is 36.0 Å². The van der Waals surface area contributed by atoms with Gasteiger partial charge in [-0.3, -0.25) is 9.36 Å². The molecular formula is C27H26N4O3S. The summed E-state index contributed by atoms with van der Waals surface area (Å²) in [5, 5.41) is 12.8. The van der Waals surface area contributed by atoms with Gasteiger partial charge in [0, 0.05) is 28.6 Å². The van der Waals surface area contributed by atoms with E-state index in [2.05, 4.69) is 15.5 Å². The summed E-state index contributed by atoms with van der Waals surface area (Å²) >= 11 is 1.57. The normalized spacial score (nSPS) is 12.9. The fourth-order valence-corrected chi connectivity index (χ4v) is 4.62. The Morgan fingerprint density at radius 1 is 0.971 bits per heavy atom. The molecular weight excluding hydrogens is 460 g/mol. The van der Waals surface area contributed by atoms with E-state index >= 15 is 0 Å². The third-order valence-electron chi connectivity index (χ3n) is 5.76. The molecule has 3 aromatic carbocycles. The van der Waals surface area contributed by atoms with E-state index in [4.69, 9.17) is 9.47 Å². The van der Waals surface area contributed by atoms with Gasteiger partial charge in [0.1, 0.15) is 11.5 Å². The lowest BCUT2D eigenvalue weighted by molar-refractivity contribution is 0.0951. The predicted molar refractivity (Wildman–Crippen MR) is 136 cm³/mol. The lowest BCUT2D eigenvalue weighted by atomic mass is 10.1. The van der Waals surface area contributed by atoms with Crippen molar-refractivity contribution < 1.29 is 14.3 Å². The van der Waals surface area contributed by atoms with Crippen molar-refractivity contribution in [2.75, 3.05) is 14.2 Å². The first-order valence-corrected chi connectivity index (χ1v) is 12.4. The van der Waals surface area contributed by atoms with Gasteiger partial charge in [0.25, 0.3) is 5.91 Å². The molecule has 1 saturated carbocycles. The summed E-state index contributed by atoms with van der Waals surface area (Å²) in [6, 6.07) is 23.7. The Bertz CT molecular complexity index is 1330. The van der Waals surface area contributed by atoms with Crippen LogP contribution in [0, 0.1) is 0 Å². The SMILES string of the molecule is COc1ccc(-n2c(SCc3cccc(C(=O)NC4CC4)c3)nnc2-c2cccc(OC)c2)cc1. The number of aromatic nitrogens is 3. The van der Waals surface area contributed by atoms with Crippen molar-refractivity contribution in [1.82, 2.24) is 20.1 Å². The molecule has 4 aromatic rings. The van der Waals surface area contributed by atoms with Crippen molar-refractivity contribution in [1.29, 1.82) is 0 Å². The Balaban J connectivity index is 1.44. The number of hydrogen-bond acceptors (Lipinski definition) is 6. The number of methoxy groups -OCH3 is 2. The summed E-state index contributed by atoms with van der Waals surface area (Å²) in [7, 11) is 3.30. The maximum Gasteiger partial charge on any atom is 0.251 e. The molecule has 35 heavy (non-hydrogen) atoms. The standard InChI is InChI=1S/C27H26N4O3S/c1-33-23-13-11-22(12-14-23)31-25(19-6-4-8-24(16-19)34-2)29-30-27(31)35-17-18-5-3-7-20(15-18)26(32)28-21-9-10-21/h3-8,11-16,21H,9-10,17H2,1-2H3,(H,28,32). The zero-order chi connectivity index (χ0) is 24.2. The highest BCUT2D eigenvalue weighted by Crippen LogP contribution is 2.32. The predicted octanol–water partition coefficient (Wildman–Crippen LogP) is 5.14. The summed E-state index contributed by atoms with van der Waals surface area (Å²) in [4.78, 5) is 12.5. The van der Waals surface area contributed by atoms with Gasteiger partial charge in [0.05, 0.1) is 14.2 Å².